The molecule has 20 heavy (non-hydrogen) atoms. The molecule has 2 aromatic carbocycles. The van der Waals surface area contributed by atoms with E-state index in [1.54, 1.807) is 0 Å². The Hall–Kier alpha value is -1.80. The lowest BCUT2D eigenvalue weighted by Crippen LogP contribution is -2.37. The first-order valence-corrected chi connectivity index (χ1v) is 7.10. The van der Waals surface area contributed by atoms with E-state index in [1.807, 2.05) is 13.0 Å². The number of aryl methyl sites for hydroxylation is 1. The summed E-state index contributed by atoms with van der Waals surface area (Å²) in [5.74, 6) is 0. The topological polar surface area (TPSA) is 52.0 Å². The summed E-state index contributed by atoms with van der Waals surface area (Å²) >= 11 is 0. The SMILES string of the molecule is Cc1cc(C2(N)CC(C)(C)c3ccccc32)ccc1N. The van der Waals surface area contributed by atoms with Gasteiger partial charge in [-0.2, -0.15) is 0 Å². The van der Waals surface area contributed by atoms with Gasteiger partial charge in [-0.25, -0.2) is 0 Å². The number of benzene rings is 2. The fourth-order valence-corrected chi connectivity index (χ4v) is 3.56. The average molecular weight is 266 g/mol. The predicted octanol–water partition coefficient (Wildman–Crippen LogP) is 3.46. The number of anilines is 1. The highest BCUT2D eigenvalue weighted by molar-refractivity contribution is 5.55. The van der Waals surface area contributed by atoms with Crippen LogP contribution >= 0.6 is 0 Å². The summed E-state index contributed by atoms with van der Waals surface area (Å²) in [6.45, 7) is 6.57. The monoisotopic (exact) mass is 266 g/mol. The molecule has 1 unspecified atom stereocenters. The van der Waals surface area contributed by atoms with E-state index in [0.29, 0.717) is 0 Å². The van der Waals surface area contributed by atoms with E-state index in [2.05, 4.69) is 50.2 Å². The lowest BCUT2D eigenvalue weighted by atomic mass is 9.81. The molecule has 0 heterocycles. The number of nitrogens with two attached hydrogens (primary N) is 2. The van der Waals surface area contributed by atoms with Crippen LogP contribution in [0.3, 0.4) is 0 Å². The van der Waals surface area contributed by atoms with Gasteiger partial charge in [-0.1, -0.05) is 50.2 Å². The fourth-order valence-electron chi connectivity index (χ4n) is 3.56. The molecule has 1 aliphatic rings. The number of fused-ring (bicyclic) bond motifs is 1. The average Bonchev–Trinajstić information content (AvgIpc) is 2.62. The first-order chi connectivity index (χ1) is 9.34. The Morgan fingerprint density at radius 3 is 2.30 bits per heavy atom. The maximum atomic E-state index is 6.85. The van der Waals surface area contributed by atoms with Crippen molar-refractivity contribution in [1.82, 2.24) is 0 Å². The molecule has 0 aromatic heterocycles. The van der Waals surface area contributed by atoms with Crippen molar-refractivity contribution >= 4 is 5.69 Å². The van der Waals surface area contributed by atoms with Crippen LogP contribution in [0.1, 0.15) is 42.5 Å². The molecule has 2 aromatic rings. The molecule has 0 aliphatic heterocycles. The molecule has 2 heteroatoms. The van der Waals surface area contributed by atoms with Crippen LogP contribution in [-0.2, 0) is 11.0 Å². The molecule has 4 N–H and O–H groups in total. The van der Waals surface area contributed by atoms with Crippen molar-refractivity contribution in [2.75, 3.05) is 5.73 Å². The van der Waals surface area contributed by atoms with E-state index in [1.165, 1.54) is 11.1 Å². The van der Waals surface area contributed by atoms with E-state index in [4.69, 9.17) is 11.5 Å². The summed E-state index contributed by atoms with van der Waals surface area (Å²) in [6.07, 6.45) is 0.919. The third-order valence-electron chi connectivity index (χ3n) is 4.64. The second-order valence-corrected chi connectivity index (χ2v) is 6.65. The third kappa shape index (κ3) is 1.75. The van der Waals surface area contributed by atoms with Crippen LogP contribution in [0.15, 0.2) is 42.5 Å². The number of hydrogen-bond donors (Lipinski definition) is 2. The van der Waals surface area contributed by atoms with Crippen molar-refractivity contribution in [3.63, 3.8) is 0 Å². The van der Waals surface area contributed by atoms with E-state index < -0.39 is 5.54 Å². The molecule has 1 atom stereocenters. The zero-order valence-electron chi connectivity index (χ0n) is 12.4. The molecule has 3 rings (SSSR count). The second kappa shape index (κ2) is 4.10. The molecule has 1 aliphatic carbocycles. The smallest absolute Gasteiger partial charge is 0.0676 e. The molecule has 0 saturated carbocycles. The van der Waals surface area contributed by atoms with Crippen molar-refractivity contribution in [3.05, 3.63) is 64.7 Å². The van der Waals surface area contributed by atoms with Gasteiger partial charge in [0.15, 0.2) is 0 Å². The van der Waals surface area contributed by atoms with Gasteiger partial charge in [0.1, 0.15) is 0 Å². The fraction of sp³-hybridized carbons (Fsp3) is 0.333. The van der Waals surface area contributed by atoms with E-state index >= 15 is 0 Å². The number of hydrogen-bond acceptors (Lipinski definition) is 2. The predicted molar refractivity (Wildman–Crippen MR) is 84.6 cm³/mol. The zero-order valence-corrected chi connectivity index (χ0v) is 12.4. The van der Waals surface area contributed by atoms with E-state index in [9.17, 15) is 0 Å². The van der Waals surface area contributed by atoms with E-state index in [0.717, 1.165) is 23.2 Å². The Kier molecular flexibility index (Phi) is 2.70. The van der Waals surface area contributed by atoms with Gasteiger partial charge in [-0.3, -0.25) is 0 Å². The van der Waals surface area contributed by atoms with E-state index in [-0.39, 0.29) is 5.41 Å². The lowest BCUT2D eigenvalue weighted by Gasteiger charge is -2.29. The summed E-state index contributed by atoms with van der Waals surface area (Å²) in [5.41, 5.74) is 18.1. The molecule has 104 valence electrons. The zero-order chi connectivity index (χ0) is 14.5. The summed E-state index contributed by atoms with van der Waals surface area (Å²) in [4.78, 5) is 0. The second-order valence-electron chi connectivity index (χ2n) is 6.65. The van der Waals surface area contributed by atoms with Crippen LogP contribution in [0.5, 0.6) is 0 Å². The van der Waals surface area contributed by atoms with Gasteiger partial charge in [0.25, 0.3) is 0 Å². The molecule has 0 fully saturated rings. The minimum absolute atomic E-state index is 0.0979. The van der Waals surface area contributed by atoms with Crippen molar-refractivity contribution in [1.29, 1.82) is 0 Å². The molecule has 0 bridgehead atoms. The Labute approximate surface area is 120 Å². The Bertz CT molecular complexity index is 673. The number of nitrogen functional groups attached to an aromatic ring is 1. The van der Waals surface area contributed by atoms with Crippen LogP contribution in [0.2, 0.25) is 0 Å². The van der Waals surface area contributed by atoms with Gasteiger partial charge in [0.05, 0.1) is 5.54 Å². The van der Waals surface area contributed by atoms with Crippen molar-refractivity contribution in [3.8, 4) is 0 Å². The van der Waals surface area contributed by atoms with Gasteiger partial charge in [0.2, 0.25) is 0 Å². The summed E-state index contributed by atoms with van der Waals surface area (Å²) in [6, 6.07) is 14.7. The maximum absolute atomic E-state index is 6.85. The normalized spacial score (nSPS) is 23.6. The quantitative estimate of drug-likeness (QED) is 0.777. The third-order valence-corrected chi connectivity index (χ3v) is 4.64. The molecular formula is C18H22N2. The van der Waals surface area contributed by atoms with Gasteiger partial charge >= 0.3 is 0 Å². The minimum Gasteiger partial charge on any atom is -0.399 e. The van der Waals surface area contributed by atoms with Crippen LogP contribution in [0.4, 0.5) is 5.69 Å². The molecule has 2 nitrogen and oxygen atoms in total. The minimum atomic E-state index is -0.418. The molecule has 0 amide bonds. The molecule has 0 spiro atoms. The summed E-state index contributed by atoms with van der Waals surface area (Å²) in [5, 5.41) is 0. The maximum Gasteiger partial charge on any atom is 0.0676 e. The Morgan fingerprint density at radius 1 is 1.00 bits per heavy atom. The first kappa shape index (κ1) is 13.2. The molecule has 0 radical (unpaired) electrons. The summed E-state index contributed by atoms with van der Waals surface area (Å²) in [7, 11) is 0. The van der Waals surface area contributed by atoms with Crippen molar-refractivity contribution in [2.45, 2.75) is 38.1 Å². The van der Waals surface area contributed by atoms with Gasteiger partial charge in [-0.15, -0.1) is 0 Å². The lowest BCUT2D eigenvalue weighted by molar-refractivity contribution is 0.410. The first-order valence-electron chi connectivity index (χ1n) is 7.10. The highest BCUT2D eigenvalue weighted by Crippen LogP contribution is 2.49. The summed E-state index contributed by atoms with van der Waals surface area (Å²) < 4.78 is 0. The Morgan fingerprint density at radius 2 is 1.65 bits per heavy atom. The Balaban J connectivity index is 2.21. The molecule has 0 saturated heterocycles. The standard InChI is InChI=1S/C18H22N2/c1-12-10-13(8-9-16(12)19)18(20)11-17(2,3)14-6-4-5-7-15(14)18/h4-10H,11,19-20H2,1-3H3. The van der Waals surface area contributed by atoms with Gasteiger partial charge < -0.3 is 11.5 Å². The highest BCUT2D eigenvalue weighted by atomic mass is 14.8. The van der Waals surface area contributed by atoms with Crippen molar-refractivity contribution < 1.29 is 0 Å². The van der Waals surface area contributed by atoms with Crippen molar-refractivity contribution in [2.24, 2.45) is 5.73 Å². The van der Waals surface area contributed by atoms with Crippen LogP contribution in [0.25, 0.3) is 0 Å². The van der Waals surface area contributed by atoms with Gasteiger partial charge in [0, 0.05) is 5.69 Å². The van der Waals surface area contributed by atoms with Crippen LogP contribution < -0.4 is 11.5 Å². The number of rotatable bonds is 1. The molecular weight excluding hydrogens is 244 g/mol. The van der Waals surface area contributed by atoms with Crippen LogP contribution in [0, 0.1) is 6.92 Å². The largest absolute Gasteiger partial charge is 0.399 e. The van der Waals surface area contributed by atoms with Crippen LogP contribution in [-0.4, -0.2) is 0 Å². The highest BCUT2D eigenvalue weighted by Gasteiger charge is 2.46. The van der Waals surface area contributed by atoms with Gasteiger partial charge in [-0.05, 0) is 47.1 Å².